The van der Waals surface area contributed by atoms with Crippen molar-refractivity contribution in [2.24, 2.45) is 0 Å². The Bertz CT molecular complexity index is 568. The molecule has 1 atom stereocenters. The predicted octanol–water partition coefficient (Wildman–Crippen LogP) is 0.968. The number of carbonyl (C=O) groups is 1. The van der Waals surface area contributed by atoms with Gasteiger partial charge in [-0.2, -0.15) is 0 Å². The minimum atomic E-state index is -3.24. The zero-order chi connectivity index (χ0) is 16.7. The average Bonchev–Trinajstić information content (AvgIpc) is 2.43. The molecule has 2 saturated heterocycles. The Morgan fingerprint density at radius 1 is 1.26 bits per heavy atom. The quantitative estimate of drug-likeness (QED) is 0.825. The maximum absolute atomic E-state index is 14.3. The molecule has 2 heterocycles. The van der Waals surface area contributed by atoms with Crippen LogP contribution in [0.4, 0.5) is 4.39 Å². The summed E-state index contributed by atoms with van der Waals surface area (Å²) in [4.78, 5) is 13.9. The number of nitrogens with one attached hydrogen (secondary N) is 1. The van der Waals surface area contributed by atoms with Gasteiger partial charge in [-0.3, -0.25) is 4.79 Å². The Labute approximate surface area is 136 Å². The van der Waals surface area contributed by atoms with Crippen LogP contribution in [-0.4, -0.2) is 62.5 Å². The molecule has 3 aliphatic rings. The Hall–Kier alpha value is -0.730. The Balaban J connectivity index is 1.58. The number of alkyl halides is 1. The zero-order valence-corrected chi connectivity index (χ0v) is 14.3. The molecule has 1 saturated carbocycles. The lowest BCUT2D eigenvalue weighted by molar-refractivity contribution is -0.159. The molecule has 8 heteroatoms. The van der Waals surface area contributed by atoms with Crippen molar-refractivity contribution in [1.29, 1.82) is 0 Å². The molecule has 23 heavy (non-hydrogen) atoms. The van der Waals surface area contributed by atoms with E-state index in [-0.39, 0.29) is 17.6 Å². The van der Waals surface area contributed by atoms with Crippen LogP contribution < -0.4 is 4.72 Å². The lowest BCUT2D eigenvalue weighted by atomic mass is 9.79. The molecule has 0 aromatic rings. The van der Waals surface area contributed by atoms with Crippen LogP contribution in [0.3, 0.4) is 0 Å². The number of hydrogen-bond acceptors (Lipinski definition) is 4. The lowest BCUT2D eigenvalue weighted by Gasteiger charge is -2.47. The van der Waals surface area contributed by atoms with Gasteiger partial charge in [-0.15, -0.1) is 0 Å². The van der Waals surface area contributed by atoms with Crippen LogP contribution in [0, 0.1) is 0 Å². The van der Waals surface area contributed by atoms with Crippen molar-refractivity contribution >= 4 is 15.9 Å². The molecule has 1 spiro atoms. The highest BCUT2D eigenvalue weighted by molar-refractivity contribution is 7.88. The van der Waals surface area contributed by atoms with E-state index in [0.29, 0.717) is 58.2 Å². The lowest BCUT2D eigenvalue weighted by Crippen LogP contribution is -2.58. The highest BCUT2D eigenvalue weighted by atomic mass is 32.2. The Kier molecular flexibility index (Phi) is 4.44. The van der Waals surface area contributed by atoms with E-state index in [1.54, 1.807) is 4.90 Å². The van der Waals surface area contributed by atoms with Crippen LogP contribution in [-0.2, 0) is 19.6 Å². The van der Waals surface area contributed by atoms with Crippen LogP contribution in [0.1, 0.15) is 44.9 Å². The summed E-state index contributed by atoms with van der Waals surface area (Å²) in [6.45, 7) is 1.47. The van der Waals surface area contributed by atoms with Crippen molar-refractivity contribution in [3.8, 4) is 0 Å². The van der Waals surface area contributed by atoms with Gasteiger partial charge in [0.25, 0.3) is 5.91 Å². The SMILES string of the molecule is CS(=O)(=O)NC1CCOC2(CCN(C(=O)C3(F)CCC3)CC2)C1. The van der Waals surface area contributed by atoms with Crippen molar-refractivity contribution in [2.75, 3.05) is 26.0 Å². The number of ether oxygens (including phenoxy) is 1. The van der Waals surface area contributed by atoms with Gasteiger partial charge in [0.2, 0.25) is 10.0 Å². The molecule has 3 fully saturated rings. The third-order valence-electron chi connectivity index (χ3n) is 5.36. The van der Waals surface area contributed by atoms with Crippen LogP contribution >= 0.6 is 0 Å². The summed E-state index contributed by atoms with van der Waals surface area (Å²) in [6, 6.07) is -0.125. The molecule has 132 valence electrons. The third kappa shape index (κ3) is 3.69. The average molecular weight is 348 g/mol. The van der Waals surface area contributed by atoms with Crippen LogP contribution in [0.25, 0.3) is 0 Å². The topological polar surface area (TPSA) is 75.7 Å². The van der Waals surface area contributed by atoms with E-state index in [1.165, 1.54) is 0 Å². The van der Waals surface area contributed by atoms with Crippen LogP contribution in [0.2, 0.25) is 0 Å². The molecule has 0 radical (unpaired) electrons. The second kappa shape index (κ2) is 5.97. The smallest absolute Gasteiger partial charge is 0.260 e. The molecule has 0 bridgehead atoms. The first-order valence-corrected chi connectivity index (χ1v) is 10.2. The fourth-order valence-electron chi connectivity index (χ4n) is 3.88. The molecule has 1 amide bonds. The number of carbonyl (C=O) groups excluding carboxylic acids is 1. The summed E-state index contributed by atoms with van der Waals surface area (Å²) in [7, 11) is -3.24. The summed E-state index contributed by atoms with van der Waals surface area (Å²) in [6.07, 6.45) is 5.16. The molecule has 2 aliphatic heterocycles. The van der Waals surface area contributed by atoms with Gasteiger partial charge in [-0.25, -0.2) is 17.5 Å². The fourth-order valence-corrected chi connectivity index (χ4v) is 4.69. The summed E-state index contributed by atoms with van der Waals surface area (Å²) in [5, 5.41) is 0. The predicted molar refractivity (Wildman–Crippen MR) is 83.2 cm³/mol. The molecule has 1 aliphatic carbocycles. The zero-order valence-electron chi connectivity index (χ0n) is 13.5. The minimum absolute atomic E-state index is 0.125. The van der Waals surface area contributed by atoms with Gasteiger partial charge in [-0.1, -0.05) is 0 Å². The van der Waals surface area contributed by atoms with E-state index in [2.05, 4.69) is 4.72 Å². The number of nitrogens with zero attached hydrogens (tertiary/aromatic N) is 1. The van der Waals surface area contributed by atoms with Crippen molar-refractivity contribution < 1.29 is 22.3 Å². The minimum Gasteiger partial charge on any atom is -0.375 e. The van der Waals surface area contributed by atoms with Gasteiger partial charge in [0.1, 0.15) is 0 Å². The first-order chi connectivity index (χ1) is 10.7. The number of halogens is 1. The third-order valence-corrected chi connectivity index (χ3v) is 6.13. The van der Waals surface area contributed by atoms with E-state index in [4.69, 9.17) is 4.74 Å². The molecular formula is C15H25FN2O4S. The van der Waals surface area contributed by atoms with E-state index in [0.717, 1.165) is 12.7 Å². The molecular weight excluding hydrogens is 323 g/mol. The maximum atomic E-state index is 14.3. The van der Waals surface area contributed by atoms with Crippen LogP contribution in [0.5, 0.6) is 0 Å². The van der Waals surface area contributed by atoms with Gasteiger partial charge >= 0.3 is 0 Å². The number of likely N-dealkylation sites (tertiary alicyclic amines) is 1. The molecule has 0 aromatic heterocycles. The molecule has 0 aromatic carbocycles. The highest BCUT2D eigenvalue weighted by Gasteiger charge is 2.49. The molecule has 6 nitrogen and oxygen atoms in total. The van der Waals surface area contributed by atoms with E-state index >= 15 is 0 Å². The van der Waals surface area contributed by atoms with Crippen molar-refractivity contribution in [3.05, 3.63) is 0 Å². The van der Waals surface area contributed by atoms with E-state index in [1.807, 2.05) is 0 Å². The Morgan fingerprint density at radius 2 is 1.91 bits per heavy atom. The number of rotatable bonds is 3. The van der Waals surface area contributed by atoms with Gasteiger partial charge in [0.15, 0.2) is 5.67 Å². The monoisotopic (exact) mass is 348 g/mol. The standard InChI is InChI=1S/C15H25FN2O4S/c1-23(20,21)17-12-3-10-22-14(11-12)6-8-18(9-7-14)13(19)15(16)4-2-5-15/h12,17H,2-11H2,1H3. The van der Waals surface area contributed by atoms with Crippen molar-refractivity contribution in [1.82, 2.24) is 9.62 Å². The summed E-state index contributed by atoms with van der Waals surface area (Å²) in [5.74, 6) is -0.375. The number of amides is 1. The van der Waals surface area contributed by atoms with Gasteiger partial charge in [-0.05, 0) is 44.9 Å². The Morgan fingerprint density at radius 3 is 2.43 bits per heavy atom. The number of sulfonamides is 1. The summed E-state index contributed by atoms with van der Waals surface area (Å²) in [5.41, 5.74) is -2.03. The molecule has 1 unspecified atom stereocenters. The van der Waals surface area contributed by atoms with Crippen molar-refractivity contribution in [3.63, 3.8) is 0 Å². The van der Waals surface area contributed by atoms with Crippen LogP contribution in [0.15, 0.2) is 0 Å². The van der Waals surface area contributed by atoms with Gasteiger partial charge < -0.3 is 9.64 Å². The fraction of sp³-hybridized carbons (Fsp3) is 0.933. The largest absolute Gasteiger partial charge is 0.375 e. The van der Waals surface area contributed by atoms with Gasteiger partial charge in [0, 0.05) is 25.7 Å². The second-order valence-electron chi connectivity index (χ2n) is 7.22. The van der Waals surface area contributed by atoms with E-state index < -0.39 is 15.7 Å². The number of piperidine rings is 1. The van der Waals surface area contributed by atoms with Gasteiger partial charge in [0.05, 0.1) is 11.9 Å². The summed E-state index contributed by atoms with van der Waals surface area (Å²) >= 11 is 0. The molecule has 1 N–H and O–H groups in total. The first kappa shape index (κ1) is 17.1. The second-order valence-corrected chi connectivity index (χ2v) is 9.00. The molecule has 3 rings (SSSR count). The normalized spacial score (nSPS) is 30.0. The highest BCUT2D eigenvalue weighted by Crippen LogP contribution is 2.40. The van der Waals surface area contributed by atoms with E-state index in [9.17, 15) is 17.6 Å². The maximum Gasteiger partial charge on any atom is 0.260 e. The number of hydrogen-bond donors (Lipinski definition) is 1. The summed E-state index contributed by atoms with van der Waals surface area (Å²) < 4.78 is 45.7. The van der Waals surface area contributed by atoms with Crippen molar-refractivity contribution in [2.45, 2.75) is 62.3 Å². The first-order valence-electron chi connectivity index (χ1n) is 8.31.